The van der Waals surface area contributed by atoms with Crippen molar-refractivity contribution in [3.05, 3.63) is 27.8 Å². The third-order valence-corrected chi connectivity index (χ3v) is 2.85. The Morgan fingerprint density at radius 2 is 1.93 bits per heavy atom. The van der Waals surface area contributed by atoms with Gasteiger partial charge in [-0.05, 0) is 26.3 Å². The fourth-order valence-corrected chi connectivity index (χ4v) is 1.71. The van der Waals surface area contributed by atoms with E-state index in [0.717, 1.165) is 27.8 Å². The lowest BCUT2D eigenvalue weighted by Gasteiger charge is -1.99. The van der Waals surface area contributed by atoms with Gasteiger partial charge in [0.2, 0.25) is 0 Å². The van der Waals surface area contributed by atoms with Gasteiger partial charge >= 0.3 is 0 Å². The van der Waals surface area contributed by atoms with Crippen LogP contribution in [0, 0.1) is 20.8 Å². The highest BCUT2D eigenvalue weighted by atomic mass is 32.1. The summed E-state index contributed by atoms with van der Waals surface area (Å²) < 4.78 is 0. The van der Waals surface area contributed by atoms with E-state index in [0.29, 0.717) is 0 Å². The van der Waals surface area contributed by atoms with Crippen molar-refractivity contribution in [1.82, 2.24) is 15.0 Å². The van der Waals surface area contributed by atoms with Crippen molar-refractivity contribution in [1.29, 1.82) is 0 Å². The predicted octanol–water partition coefficient (Wildman–Crippen LogP) is 2.53. The smallest absolute Gasteiger partial charge is 0.179 e. The van der Waals surface area contributed by atoms with Crippen molar-refractivity contribution in [3.63, 3.8) is 0 Å². The van der Waals surface area contributed by atoms with Crippen molar-refractivity contribution in [2.24, 2.45) is 0 Å². The summed E-state index contributed by atoms with van der Waals surface area (Å²) in [5.41, 5.74) is 3.00. The molecule has 0 aliphatic carbocycles. The summed E-state index contributed by atoms with van der Waals surface area (Å²) in [6.45, 7) is 5.97. The van der Waals surface area contributed by atoms with Crippen molar-refractivity contribution in [2.75, 3.05) is 0 Å². The molecule has 0 radical (unpaired) electrons. The van der Waals surface area contributed by atoms with Crippen LogP contribution in [-0.2, 0) is 0 Å². The summed E-state index contributed by atoms with van der Waals surface area (Å²) in [5.74, 6) is 0.720. The van der Waals surface area contributed by atoms with Gasteiger partial charge < -0.3 is 0 Å². The Balaban J connectivity index is 2.47. The molecule has 0 unspecified atom stereocenters. The topological polar surface area (TPSA) is 38.7 Å². The number of aromatic nitrogens is 3. The molecule has 0 fully saturated rings. The summed E-state index contributed by atoms with van der Waals surface area (Å²) in [6.07, 6.45) is 1.84. The molecule has 0 aromatic carbocycles. The Hall–Kier alpha value is -1.29. The van der Waals surface area contributed by atoms with Crippen LogP contribution in [0.3, 0.4) is 0 Å². The third-order valence-electron chi connectivity index (χ3n) is 2.07. The maximum Gasteiger partial charge on any atom is 0.179 e. The van der Waals surface area contributed by atoms with Crippen molar-refractivity contribution in [2.45, 2.75) is 20.8 Å². The predicted molar refractivity (Wildman–Crippen MR) is 57.4 cm³/mol. The van der Waals surface area contributed by atoms with Crippen LogP contribution in [0.25, 0.3) is 11.5 Å². The zero-order valence-corrected chi connectivity index (χ0v) is 9.22. The minimum atomic E-state index is 0.720. The zero-order valence-electron chi connectivity index (χ0n) is 8.40. The maximum atomic E-state index is 4.39. The van der Waals surface area contributed by atoms with Gasteiger partial charge in [-0.15, -0.1) is 11.3 Å². The Morgan fingerprint density at radius 1 is 1.14 bits per heavy atom. The highest BCUT2D eigenvalue weighted by Gasteiger charge is 2.05. The van der Waals surface area contributed by atoms with Crippen LogP contribution < -0.4 is 0 Å². The molecule has 0 aliphatic rings. The summed E-state index contributed by atoms with van der Waals surface area (Å²) in [4.78, 5) is 13.0. The molecule has 72 valence electrons. The van der Waals surface area contributed by atoms with Crippen molar-refractivity contribution in [3.8, 4) is 11.5 Å². The van der Waals surface area contributed by atoms with Gasteiger partial charge in [0.15, 0.2) is 5.82 Å². The monoisotopic (exact) mass is 205 g/mol. The second kappa shape index (κ2) is 3.46. The first-order chi connectivity index (χ1) is 6.66. The number of thiazole rings is 1. The lowest BCUT2D eigenvalue weighted by molar-refractivity contribution is 1.06. The Bertz CT molecular complexity index is 462. The van der Waals surface area contributed by atoms with E-state index < -0.39 is 0 Å². The van der Waals surface area contributed by atoms with Crippen molar-refractivity contribution < 1.29 is 0 Å². The molecule has 0 spiro atoms. The first kappa shape index (κ1) is 9.27. The Morgan fingerprint density at radius 3 is 2.50 bits per heavy atom. The van der Waals surface area contributed by atoms with Crippen LogP contribution >= 0.6 is 11.3 Å². The molecular formula is C10H11N3S. The van der Waals surface area contributed by atoms with E-state index in [1.807, 2.05) is 32.3 Å². The molecule has 3 nitrogen and oxygen atoms in total. The largest absolute Gasteiger partial charge is 0.238 e. The quantitative estimate of drug-likeness (QED) is 0.718. The molecule has 14 heavy (non-hydrogen) atoms. The first-order valence-electron chi connectivity index (χ1n) is 4.39. The second-order valence-electron chi connectivity index (χ2n) is 3.21. The fourth-order valence-electron chi connectivity index (χ4n) is 1.12. The average Bonchev–Trinajstić information content (AvgIpc) is 2.57. The molecule has 2 heterocycles. The molecule has 0 atom stereocenters. The van der Waals surface area contributed by atoms with Gasteiger partial charge in [-0.1, -0.05) is 0 Å². The van der Waals surface area contributed by atoms with E-state index >= 15 is 0 Å². The second-order valence-corrected chi connectivity index (χ2v) is 4.28. The summed E-state index contributed by atoms with van der Waals surface area (Å²) in [5, 5.41) is 3.03. The van der Waals surface area contributed by atoms with Gasteiger partial charge in [0, 0.05) is 17.3 Å². The first-order valence-corrected chi connectivity index (χ1v) is 5.27. The lowest BCUT2D eigenvalue weighted by Crippen LogP contribution is -1.94. The van der Waals surface area contributed by atoms with Gasteiger partial charge in [0.25, 0.3) is 0 Å². The van der Waals surface area contributed by atoms with Crippen molar-refractivity contribution >= 4 is 11.3 Å². The van der Waals surface area contributed by atoms with Crippen LogP contribution in [0.2, 0.25) is 0 Å². The molecule has 0 bridgehead atoms. The normalized spacial score (nSPS) is 10.5. The van der Waals surface area contributed by atoms with Crippen LogP contribution in [0.15, 0.2) is 11.6 Å². The van der Waals surface area contributed by atoms with E-state index in [-0.39, 0.29) is 0 Å². The minimum Gasteiger partial charge on any atom is -0.238 e. The van der Waals surface area contributed by atoms with E-state index in [1.165, 1.54) is 0 Å². The van der Waals surface area contributed by atoms with E-state index in [1.54, 1.807) is 11.3 Å². The highest BCUT2D eigenvalue weighted by Crippen LogP contribution is 2.18. The standard InChI is InChI=1S/C10H11N3S/c1-6-4-11-10(12-7(6)2)9-5-14-8(3)13-9/h4-5H,1-3H3. The SMILES string of the molecule is Cc1nc(-c2ncc(C)c(C)n2)cs1. The van der Waals surface area contributed by atoms with E-state index in [4.69, 9.17) is 0 Å². The minimum absolute atomic E-state index is 0.720. The average molecular weight is 205 g/mol. The van der Waals surface area contributed by atoms with Gasteiger partial charge in [-0.25, -0.2) is 15.0 Å². The van der Waals surface area contributed by atoms with Gasteiger partial charge in [0.1, 0.15) is 5.69 Å². The molecule has 0 saturated carbocycles. The number of hydrogen-bond donors (Lipinski definition) is 0. The molecule has 0 amide bonds. The molecule has 0 N–H and O–H groups in total. The van der Waals surface area contributed by atoms with Crippen LogP contribution in [0.5, 0.6) is 0 Å². The van der Waals surface area contributed by atoms with Crippen LogP contribution in [0.4, 0.5) is 0 Å². The fraction of sp³-hybridized carbons (Fsp3) is 0.300. The lowest BCUT2D eigenvalue weighted by atomic mass is 10.3. The van der Waals surface area contributed by atoms with E-state index in [9.17, 15) is 0 Å². The number of hydrogen-bond acceptors (Lipinski definition) is 4. The molecule has 4 heteroatoms. The summed E-state index contributed by atoms with van der Waals surface area (Å²) >= 11 is 1.62. The third kappa shape index (κ3) is 1.65. The van der Waals surface area contributed by atoms with Gasteiger partial charge in [-0.3, -0.25) is 0 Å². The molecule has 0 saturated heterocycles. The maximum absolute atomic E-state index is 4.39. The van der Waals surface area contributed by atoms with Crippen LogP contribution in [-0.4, -0.2) is 15.0 Å². The van der Waals surface area contributed by atoms with E-state index in [2.05, 4.69) is 15.0 Å². The van der Waals surface area contributed by atoms with Crippen LogP contribution in [0.1, 0.15) is 16.3 Å². The van der Waals surface area contributed by atoms with Gasteiger partial charge in [0.05, 0.1) is 5.01 Å². The summed E-state index contributed by atoms with van der Waals surface area (Å²) in [7, 11) is 0. The number of rotatable bonds is 1. The number of nitrogens with zero attached hydrogens (tertiary/aromatic N) is 3. The Labute approximate surface area is 86.9 Å². The molecule has 2 aromatic heterocycles. The van der Waals surface area contributed by atoms with Gasteiger partial charge in [-0.2, -0.15) is 0 Å². The summed E-state index contributed by atoms with van der Waals surface area (Å²) in [6, 6.07) is 0. The highest BCUT2D eigenvalue weighted by molar-refractivity contribution is 7.09. The zero-order chi connectivity index (χ0) is 10.1. The molecule has 0 aliphatic heterocycles. The Kier molecular flexibility index (Phi) is 2.29. The molecular weight excluding hydrogens is 194 g/mol. The molecule has 2 aromatic rings. The molecule has 2 rings (SSSR count). The number of aryl methyl sites for hydroxylation is 3.